The van der Waals surface area contributed by atoms with Crippen molar-refractivity contribution in [2.75, 3.05) is 13.2 Å². The monoisotopic (exact) mass is 729 g/mol. The minimum atomic E-state index is -1.86. The second kappa shape index (κ2) is 31.5. The van der Waals surface area contributed by atoms with Gasteiger partial charge < -0.3 is 39.4 Å². The van der Waals surface area contributed by atoms with Gasteiger partial charge in [-0.2, -0.15) is 0 Å². The maximum atomic E-state index is 12.7. The van der Waals surface area contributed by atoms with Gasteiger partial charge in [0.05, 0.1) is 6.61 Å². The van der Waals surface area contributed by atoms with Crippen LogP contribution in [0.3, 0.4) is 0 Å². The molecule has 11 heteroatoms. The van der Waals surface area contributed by atoms with Crippen LogP contribution in [0, 0.1) is 0 Å². The van der Waals surface area contributed by atoms with E-state index >= 15 is 0 Å². The van der Waals surface area contributed by atoms with E-state index < -0.39 is 54.7 Å². The third-order valence-electron chi connectivity index (χ3n) is 9.35. The highest BCUT2D eigenvalue weighted by Gasteiger charge is 2.47. The predicted molar refractivity (Wildman–Crippen MR) is 197 cm³/mol. The summed E-state index contributed by atoms with van der Waals surface area (Å²) in [5.74, 6) is -2.45. The number of hydrogen-bond donors (Lipinski definition) is 4. The number of ether oxygens (including phenoxy) is 4. The molecule has 1 fully saturated rings. The second-order valence-corrected chi connectivity index (χ2v) is 14.1. The van der Waals surface area contributed by atoms with E-state index in [-0.39, 0.29) is 26.1 Å². The molecular formula is C40H72O11. The van der Waals surface area contributed by atoms with E-state index in [9.17, 15) is 34.8 Å². The van der Waals surface area contributed by atoms with Crippen molar-refractivity contribution in [2.45, 2.75) is 211 Å². The molecule has 0 saturated carbocycles. The van der Waals surface area contributed by atoms with Crippen LogP contribution in [-0.4, -0.2) is 88.4 Å². The number of carbonyl (C=O) groups is 3. The Morgan fingerprint density at radius 3 is 1.61 bits per heavy atom. The normalized spacial score (nSPS) is 21.2. The molecule has 0 spiro atoms. The molecule has 1 rings (SSSR count). The number of aliphatic carboxylic acids is 1. The SMILES string of the molecule is CCC/C=C\CCCCCCCC(=O)OCC(COC1OC(C(=O)O)C(O)C(O)C1O)OC(=O)CCCCCCCCCCCCCCCCC. The van der Waals surface area contributed by atoms with Gasteiger partial charge in [-0.3, -0.25) is 9.59 Å². The van der Waals surface area contributed by atoms with Crippen LogP contribution in [-0.2, 0) is 33.3 Å². The molecule has 6 atom stereocenters. The number of hydrogen-bond acceptors (Lipinski definition) is 10. The van der Waals surface area contributed by atoms with Gasteiger partial charge in [-0.25, -0.2) is 4.79 Å². The standard InChI is InChI=1S/C40H72O11/c1-3-5-7-9-11-13-15-16-17-18-19-21-23-25-27-29-34(42)50-32(31-49-40-37(45)35(43)36(44)38(51-40)39(46)47)30-48-33(41)28-26-24-22-20-14-12-10-8-6-4-2/h8,10,32,35-38,40,43-45H,3-7,9,11-31H2,1-2H3,(H,46,47)/b10-8-. The minimum Gasteiger partial charge on any atom is -0.479 e. The summed E-state index contributed by atoms with van der Waals surface area (Å²) in [7, 11) is 0. The maximum absolute atomic E-state index is 12.7. The molecule has 0 amide bonds. The molecule has 1 heterocycles. The minimum absolute atomic E-state index is 0.186. The number of allylic oxidation sites excluding steroid dienone is 2. The van der Waals surface area contributed by atoms with Gasteiger partial charge in [0, 0.05) is 12.8 Å². The highest BCUT2D eigenvalue weighted by Crippen LogP contribution is 2.23. The van der Waals surface area contributed by atoms with Crippen LogP contribution in [0.1, 0.15) is 174 Å². The molecule has 0 radical (unpaired) electrons. The molecule has 1 saturated heterocycles. The summed E-state index contributed by atoms with van der Waals surface area (Å²) in [4.78, 5) is 36.6. The molecule has 0 aliphatic carbocycles. The summed E-state index contributed by atoms with van der Waals surface area (Å²) in [6, 6.07) is 0. The van der Waals surface area contributed by atoms with Crippen molar-refractivity contribution in [3.05, 3.63) is 12.2 Å². The van der Waals surface area contributed by atoms with Crippen molar-refractivity contribution in [3.63, 3.8) is 0 Å². The molecule has 6 unspecified atom stereocenters. The molecule has 1 aliphatic rings. The number of aliphatic hydroxyl groups is 3. The van der Waals surface area contributed by atoms with Crippen molar-refractivity contribution in [1.29, 1.82) is 0 Å². The lowest BCUT2D eigenvalue weighted by Gasteiger charge is -2.38. The lowest BCUT2D eigenvalue weighted by molar-refractivity contribution is -0.298. The smallest absolute Gasteiger partial charge is 0.335 e. The Morgan fingerprint density at radius 2 is 1.08 bits per heavy atom. The lowest BCUT2D eigenvalue weighted by Crippen LogP contribution is -2.60. The van der Waals surface area contributed by atoms with E-state index in [2.05, 4.69) is 26.0 Å². The highest BCUT2D eigenvalue weighted by atomic mass is 16.7. The zero-order valence-corrected chi connectivity index (χ0v) is 31.9. The summed E-state index contributed by atoms with van der Waals surface area (Å²) in [6.45, 7) is 3.73. The van der Waals surface area contributed by atoms with Gasteiger partial charge in [0.2, 0.25) is 0 Å². The van der Waals surface area contributed by atoms with Crippen molar-refractivity contribution >= 4 is 17.9 Å². The first-order valence-electron chi connectivity index (χ1n) is 20.2. The molecular weight excluding hydrogens is 656 g/mol. The lowest BCUT2D eigenvalue weighted by atomic mass is 9.99. The molecule has 0 aromatic carbocycles. The molecule has 298 valence electrons. The van der Waals surface area contributed by atoms with Crippen LogP contribution in [0.4, 0.5) is 0 Å². The van der Waals surface area contributed by atoms with Crippen LogP contribution < -0.4 is 0 Å². The van der Waals surface area contributed by atoms with Crippen LogP contribution >= 0.6 is 0 Å². The highest BCUT2D eigenvalue weighted by molar-refractivity contribution is 5.73. The Bertz CT molecular complexity index is 911. The van der Waals surface area contributed by atoms with E-state index in [0.717, 1.165) is 64.2 Å². The molecule has 4 N–H and O–H groups in total. The summed E-state index contributed by atoms with van der Waals surface area (Å²) in [5.41, 5.74) is 0. The topological polar surface area (TPSA) is 169 Å². The summed E-state index contributed by atoms with van der Waals surface area (Å²) in [6.07, 6.45) is 21.3. The van der Waals surface area contributed by atoms with Crippen LogP contribution in [0.2, 0.25) is 0 Å². The fraction of sp³-hybridized carbons (Fsp3) is 0.875. The number of carbonyl (C=O) groups excluding carboxylic acids is 2. The van der Waals surface area contributed by atoms with Crippen molar-refractivity contribution in [1.82, 2.24) is 0 Å². The maximum Gasteiger partial charge on any atom is 0.335 e. The van der Waals surface area contributed by atoms with Gasteiger partial charge in [-0.15, -0.1) is 0 Å². The molecule has 1 aliphatic heterocycles. The number of carboxylic acids is 1. The van der Waals surface area contributed by atoms with Crippen molar-refractivity contribution in [2.24, 2.45) is 0 Å². The van der Waals surface area contributed by atoms with Gasteiger partial charge >= 0.3 is 17.9 Å². The van der Waals surface area contributed by atoms with Crippen LogP contribution in [0.5, 0.6) is 0 Å². The summed E-state index contributed by atoms with van der Waals surface area (Å²) in [5, 5.41) is 39.6. The van der Waals surface area contributed by atoms with E-state index in [1.807, 2.05) is 0 Å². The van der Waals surface area contributed by atoms with Crippen LogP contribution in [0.25, 0.3) is 0 Å². The zero-order valence-electron chi connectivity index (χ0n) is 31.9. The average molecular weight is 729 g/mol. The van der Waals surface area contributed by atoms with Crippen LogP contribution in [0.15, 0.2) is 12.2 Å². The number of aliphatic hydroxyl groups excluding tert-OH is 3. The van der Waals surface area contributed by atoms with E-state index in [1.54, 1.807) is 0 Å². The summed E-state index contributed by atoms with van der Waals surface area (Å²) >= 11 is 0. The van der Waals surface area contributed by atoms with Gasteiger partial charge in [0.15, 0.2) is 18.5 Å². The Labute approximate surface area is 307 Å². The number of unbranched alkanes of at least 4 members (excludes halogenated alkanes) is 20. The fourth-order valence-electron chi connectivity index (χ4n) is 6.12. The first-order valence-corrected chi connectivity index (χ1v) is 20.2. The molecule has 51 heavy (non-hydrogen) atoms. The third-order valence-corrected chi connectivity index (χ3v) is 9.35. The Morgan fingerprint density at radius 1 is 0.588 bits per heavy atom. The first-order chi connectivity index (χ1) is 24.7. The van der Waals surface area contributed by atoms with Crippen molar-refractivity contribution in [3.8, 4) is 0 Å². The molecule has 11 nitrogen and oxygen atoms in total. The second-order valence-electron chi connectivity index (χ2n) is 14.1. The number of carboxylic acid groups (broad SMARTS) is 1. The average Bonchev–Trinajstić information content (AvgIpc) is 3.11. The zero-order chi connectivity index (χ0) is 37.5. The third kappa shape index (κ3) is 24.0. The summed E-state index contributed by atoms with van der Waals surface area (Å²) < 4.78 is 21.6. The van der Waals surface area contributed by atoms with Gasteiger partial charge in [-0.05, 0) is 32.1 Å². The van der Waals surface area contributed by atoms with E-state index in [4.69, 9.17) is 18.9 Å². The Balaban J connectivity index is 2.41. The Hall–Kier alpha value is -2.05. The molecule has 0 bridgehead atoms. The Kier molecular flexibility index (Phi) is 29.0. The molecule has 0 aromatic rings. The number of rotatable bonds is 33. The van der Waals surface area contributed by atoms with Crippen molar-refractivity contribution < 1.29 is 53.8 Å². The molecule has 0 aromatic heterocycles. The number of esters is 2. The van der Waals surface area contributed by atoms with E-state index in [0.29, 0.717) is 12.8 Å². The first kappa shape index (κ1) is 47.0. The predicted octanol–water partition coefficient (Wildman–Crippen LogP) is 7.70. The van der Waals surface area contributed by atoms with Gasteiger partial charge in [0.25, 0.3) is 0 Å². The van der Waals surface area contributed by atoms with Gasteiger partial charge in [0.1, 0.15) is 24.9 Å². The van der Waals surface area contributed by atoms with Gasteiger partial charge in [-0.1, -0.05) is 142 Å². The quantitative estimate of drug-likeness (QED) is 0.0297. The van der Waals surface area contributed by atoms with E-state index in [1.165, 1.54) is 70.6 Å². The fourth-order valence-corrected chi connectivity index (χ4v) is 6.12. The largest absolute Gasteiger partial charge is 0.479 e.